The van der Waals surface area contributed by atoms with Gasteiger partial charge >= 0.3 is 0 Å². The summed E-state index contributed by atoms with van der Waals surface area (Å²) in [4.78, 5) is 25.4. The van der Waals surface area contributed by atoms with Crippen molar-refractivity contribution in [2.75, 3.05) is 11.1 Å². The predicted molar refractivity (Wildman–Crippen MR) is 101 cm³/mol. The summed E-state index contributed by atoms with van der Waals surface area (Å²) >= 11 is 1.33. The van der Waals surface area contributed by atoms with E-state index in [-0.39, 0.29) is 4.90 Å². The molecule has 26 heavy (non-hydrogen) atoms. The molecule has 6 nitrogen and oxygen atoms in total. The van der Waals surface area contributed by atoms with E-state index in [0.29, 0.717) is 10.6 Å². The first-order valence-electron chi connectivity index (χ1n) is 8.40. The molecule has 0 fully saturated rings. The number of fused-ring (bicyclic) bond motifs is 1. The van der Waals surface area contributed by atoms with Crippen LogP contribution in [0.4, 0.5) is 5.00 Å². The standard InChI is InChI=1S/C18H20N2O4S2/c19-17(22)16-13-9-5-2-6-10-14(13)25-18(16)20-15(21)11-26(23,24)12-7-3-1-4-8-12/h1,3-4,7-8H,2,5-6,9-11H2,(H2,19,22)(H,20,21). The van der Waals surface area contributed by atoms with Crippen LogP contribution in [0.25, 0.3) is 0 Å². The molecule has 1 aliphatic carbocycles. The summed E-state index contributed by atoms with van der Waals surface area (Å²) in [5.74, 6) is -1.95. The van der Waals surface area contributed by atoms with Crippen molar-refractivity contribution in [3.05, 3.63) is 46.3 Å². The van der Waals surface area contributed by atoms with Crippen LogP contribution in [-0.2, 0) is 27.5 Å². The van der Waals surface area contributed by atoms with E-state index in [2.05, 4.69) is 5.32 Å². The van der Waals surface area contributed by atoms with Gasteiger partial charge in [-0.1, -0.05) is 24.6 Å². The van der Waals surface area contributed by atoms with Crippen LogP contribution >= 0.6 is 11.3 Å². The Bertz CT molecular complexity index is 934. The van der Waals surface area contributed by atoms with E-state index in [9.17, 15) is 18.0 Å². The molecule has 1 aliphatic rings. The molecule has 0 bridgehead atoms. The highest BCUT2D eigenvalue weighted by Crippen LogP contribution is 2.37. The van der Waals surface area contributed by atoms with Gasteiger partial charge in [-0.2, -0.15) is 0 Å². The number of nitrogens with one attached hydrogen (secondary N) is 1. The summed E-state index contributed by atoms with van der Waals surface area (Å²) in [5, 5.41) is 2.95. The Balaban J connectivity index is 1.83. The van der Waals surface area contributed by atoms with E-state index in [1.807, 2.05) is 0 Å². The minimum atomic E-state index is -3.74. The van der Waals surface area contributed by atoms with Crippen LogP contribution in [0.3, 0.4) is 0 Å². The molecule has 3 rings (SSSR count). The van der Waals surface area contributed by atoms with E-state index in [0.717, 1.165) is 42.5 Å². The topological polar surface area (TPSA) is 106 Å². The zero-order valence-electron chi connectivity index (χ0n) is 14.2. The van der Waals surface area contributed by atoms with Crippen molar-refractivity contribution >= 4 is 38.0 Å². The van der Waals surface area contributed by atoms with Gasteiger partial charge < -0.3 is 11.1 Å². The molecule has 0 aliphatic heterocycles. The smallest absolute Gasteiger partial charge is 0.251 e. The normalized spacial score (nSPS) is 14.3. The fourth-order valence-corrected chi connectivity index (χ4v) is 5.60. The molecule has 2 amide bonds. The van der Waals surface area contributed by atoms with E-state index >= 15 is 0 Å². The number of hydrogen-bond donors (Lipinski definition) is 2. The minimum Gasteiger partial charge on any atom is -0.365 e. The summed E-state index contributed by atoms with van der Waals surface area (Å²) in [6.07, 6.45) is 4.69. The van der Waals surface area contributed by atoms with Crippen LogP contribution in [0.5, 0.6) is 0 Å². The molecule has 0 saturated carbocycles. The molecule has 3 N–H and O–H groups in total. The van der Waals surface area contributed by atoms with Gasteiger partial charge in [-0.15, -0.1) is 11.3 Å². The Morgan fingerprint density at radius 2 is 1.77 bits per heavy atom. The zero-order valence-corrected chi connectivity index (χ0v) is 15.8. The maximum atomic E-state index is 12.3. The molecule has 8 heteroatoms. The first-order chi connectivity index (χ1) is 12.4. The summed E-state index contributed by atoms with van der Waals surface area (Å²) in [7, 11) is -3.74. The van der Waals surface area contributed by atoms with Crippen LogP contribution in [0.1, 0.15) is 40.1 Å². The quantitative estimate of drug-likeness (QED) is 0.763. The van der Waals surface area contributed by atoms with Gasteiger partial charge in [0.25, 0.3) is 5.91 Å². The van der Waals surface area contributed by atoms with Gasteiger partial charge in [0.05, 0.1) is 10.5 Å². The first-order valence-corrected chi connectivity index (χ1v) is 10.9. The van der Waals surface area contributed by atoms with Gasteiger partial charge in [0.1, 0.15) is 10.8 Å². The largest absolute Gasteiger partial charge is 0.365 e. The van der Waals surface area contributed by atoms with Crippen molar-refractivity contribution < 1.29 is 18.0 Å². The van der Waals surface area contributed by atoms with Crippen molar-refractivity contribution in [1.82, 2.24) is 0 Å². The van der Waals surface area contributed by atoms with Crippen LogP contribution in [0.15, 0.2) is 35.2 Å². The molecular weight excluding hydrogens is 372 g/mol. The molecule has 0 saturated heterocycles. The lowest BCUT2D eigenvalue weighted by Crippen LogP contribution is -2.24. The van der Waals surface area contributed by atoms with Crippen molar-refractivity contribution in [2.45, 2.75) is 37.0 Å². The number of carbonyl (C=O) groups excluding carboxylic acids is 2. The number of benzene rings is 1. The maximum Gasteiger partial charge on any atom is 0.251 e. The molecule has 1 heterocycles. The van der Waals surface area contributed by atoms with Crippen LogP contribution < -0.4 is 11.1 Å². The Kier molecular flexibility index (Phi) is 5.43. The number of carbonyl (C=O) groups is 2. The Hall–Kier alpha value is -2.19. The van der Waals surface area contributed by atoms with E-state index in [4.69, 9.17) is 5.73 Å². The van der Waals surface area contributed by atoms with E-state index in [1.165, 1.54) is 23.5 Å². The lowest BCUT2D eigenvalue weighted by molar-refractivity contribution is -0.113. The molecule has 0 spiro atoms. The zero-order chi connectivity index (χ0) is 18.7. The molecule has 1 aromatic heterocycles. The van der Waals surface area contributed by atoms with Crippen LogP contribution in [-0.4, -0.2) is 26.0 Å². The third kappa shape index (κ3) is 3.96. The molecule has 2 aromatic rings. The van der Waals surface area contributed by atoms with Gasteiger partial charge in [-0.25, -0.2) is 8.42 Å². The fourth-order valence-electron chi connectivity index (χ4n) is 3.14. The number of sulfone groups is 1. The minimum absolute atomic E-state index is 0.0900. The van der Waals surface area contributed by atoms with Gasteiger partial charge in [0, 0.05) is 4.88 Å². The van der Waals surface area contributed by atoms with E-state index < -0.39 is 27.4 Å². The van der Waals surface area contributed by atoms with Crippen LogP contribution in [0, 0.1) is 0 Å². The number of hydrogen-bond acceptors (Lipinski definition) is 5. The lowest BCUT2D eigenvalue weighted by atomic mass is 10.1. The summed E-state index contributed by atoms with van der Waals surface area (Å²) in [6.45, 7) is 0. The van der Waals surface area contributed by atoms with E-state index in [1.54, 1.807) is 18.2 Å². The number of anilines is 1. The monoisotopic (exact) mass is 392 g/mol. The highest BCUT2D eigenvalue weighted by atomic mass is 32.2. The van der Waals surface area contributed by atoms with Crippen molar-refractivity contribution in [3.8, 4) is 0 Å². The van der Waals surface area contributed by atoms with Crippen molar-refractivity contribution in [1.29, 1.82) is 0 Å². The highest BCUT2D eigenvalue weighted by Gasteiger charge is 2.26. The first kappa shape index (κ1) is 18.6. The number of thiophene rings is 1. The number of aryl methyl sites for hydroxylation is 1. The van der Waals surface area contributed by atoms with Crippen LogP contribution in [0.2, 0.25) is 0 Å². The molecule has 0 unspecified atom stereocenters. The molecular formula is C18H20N2O4S2. The average Bonchev–Trinajstić information content (AvgIpc) is 2.76. The van der Waals surface area contributed by atoms with Gasteiger partial charge in [0.2, 0.25) is 5.91 Å². The molecule has 0 radical (unpaired) electrons. The second-order valence-electron chi connectivity index (χ2n) is 6.25. The molecule has 138 valence electrons. The number of amides is 2. The second kappa shape index (κ2) is 7.59. The van der Waals surface area contributed by atoms with Gasteiger partial charge in [-0.3, -0.25) is 9.59 Å². The fraction of sp³-hybridized carbons (Fsp3) is 0.333. The molecule has 1 aromatic carbocycles. The van der Waals surface area contributed by atoms with Gasteiger partial charge in [-0.05, 0) is 43.4 Å². The average molecular weight is 393 g/mol. The highest BCUT2D eigenvalue weighted by molar-refractivity contribution is 7.92. The SMILES string of the molecule is NC(=O)c1c(NC(=O)CS(=O)(=O)c2ccccc2)sc2c1CCCCC2. The Labute approximate surface area is 156 Å². The maximum absolute atomic E-state index is 12.3. The Morgan fingerprint density at radius 3 is 2.46 bits per heavy atom. The number of rotatable bonds is 5. The third-order valence-corrected chi connectivity index (χ3v) is 7.18. The lowest BCUT2D eigenvalue weighted by Gasteiger charge is -2.07. The summed E-state index contributed by atoms with van der Waals surface area (Å²) < 4.78 is 24.7. The van der Waals surface area contributed by atoms with Gasteiger partial charge in [0.15, 0.2) is 9.84 Å². The van der Waals surface area contributed by atoms with Crippen molar-refractivity contribution in [2.24, 2.45) is 5.73 Å². The third-order valence-electron chi connectivity index (χ3n) is 4.34. The Morgan fingerprint density at radius 1 is 1.08 bits per heavy atom. The molecule has 0 atom stereocenters. The summed E-state index contributed by atoms with van der Waals surface area (Å²) in [6, 6.07) is 7.81. The number of primary amides is 1. The second-order valence-corrected chi connectivity index (χ2v) is 9.35. The number of nitrogens with two attached hydrogens (primary N) is 1. The summed E-state index contributed by atoms with van der Waals surface area (Å²) in [5.41, 5.74) is 6.76. The predicted octanol–water partition coefficient (Wildman–Crippen LogP) is 2.53. The van der Waals surface area contributed by atoms with Crippen molar-refractivity contribution in [3.63, 3.8) is 0 Å².